The molecule has 0 aliphatic heterocycles. The van der Waals surface area contributed by atoms with Gasteiger partial charge in [-0.3, -0.25) is 9.59 Å². The van der Waals surface area contributed by atoms with Crippen molar-refractivity contribution in [2.24, 2.45) is 34.5 Å². The fourth-order valence-electron chi connectivity index (χ4n) is 7.14. The second-order valence-electron chi connectivity index (χ2n) is 10.1. The van der Waals surface area contributed by atoms with E-state index in [9.17, 15) is 14.7 Å². The maximum Gasteiger partial charge on any atom is 0.217 e. The Labute approximate surface area is 168 Å². The maximum absolute atomic E-state index is 12.0. The molecule has 0 saturated heterocycles. The van der Waals surface area contributed by atoms with Crippen LogP contribution in [0.15, 0.2) is 24.0 Å². The van der Waals surface area contributed by atoms with E-state index in [4.69, 9.17) is 0 Å². The van der Waals surface area contributed by atoms with Gasteiger partial charge in [0.25, 0.3) is 0 Å². The van der Waals surface area contributed by atoms with Crippen LogP contribution in [0.1, 0.15) is 59.8 Å². The van der Waals surface area contributed by atoms with E-state index in [1.807, 2.05) is 0 Å². The third-order valence-corrected chi connectivity index (χ3v) is 8.58. The predicted molar refractivity (Wildman–Crippen MR) is 108 cm³/mol. The van der Waals surface area contributed by atoms with Crippen LogP contribution >= 0.6 is 0 Å². The summed E-state index contributed by atoms with van der Waals surface area (Å²) in [6, 6.07) is 0.169. The Morgan fingerprint density at radius 2 is 1.79 bits per heavy atom. The summed E-state index contributed by atoms with van der Waals surface area (Å²) in [5, 5.41) is 16.6. The average molecular weight is 387 g/mol. The van der Waals surface area contributed by atoms with E-state index in [0.29, 0.717) is 29.4 Å². The number of rotatable bonds is 2. The van der Waals surface area contributed by atoms with E-state index in [0.717, 1.165) is 32.1 Å². The largest absolute Gasteiger partial charge is 0.513 e. The first-order valence-corrected chi connectivity index (χ1v) is 10.8. The number of fused-ring (bicyclic) bond motifs is 5. The van der Waals surface area contributed by atoms with Crippen LogP contribution in [0, 0.1) is 34.5 Å². The van der Waals surface area contributed by atoms with Crippen LogP contribution in [-0.4, -0.2) is 29.0 Å². The highest BCUT2D eigenvalue weighted by molar-refractivity contribution is 5.74. The van der Waals surface area contributed by atoms with Gasteiger partial charge in [0.1, 0.15) is 0 Å². The van der Waals surface area contributed by atoms with Gasteiger partial charge in [0.2, 0.25) is 11.8 Å². The number of hydrogen-bond donors (Lipinski definition) is 3. The zero-order valence-electron chi connectivity index (χ0n) is 17.5. The first-order chi connectivity index (χ1) is 13.1. The lowest BCUT2D eigenvalue weighted by Crippen LogP contribution is -2.62. The van der Waals surface area contributed by atoms with Crippen molar-refractivity contribution in [1.82, 2.24) is 10.6 Å². The van der Waals surface area contributed by atoms with Crippen LogP contribution in [-0.2, 0) is 9.59 Å². The van der Waals surface area contributed by atoms with Crippen molar-refractivity contribution in [3.63, 3.8) is 0 Å². The molecule has 0 heterocycles. The monoisotopic (exact) mass is 386 g/mol. The van der Waals surface area contributed by atoms with Crippen molar-refractivity contribution in [2.45, 2.75) is 71.9 Å². The summed E-state index contributed by atoms with van der Waals surface area (Å²) in [7, 11) is 0. The molecule has 154 valence electrons. The second kappa shape index (κ2) is 6.64. The molecule has 4 aliphatic rings. The molecule has 4 aliphatic carbocycles. The molecule has 4 rings (SSSR count). The fourth-order valence-corrected chi connectivity index (χ4v) is 7.14. The molecule has 28 heavy (non-hydrogen) atoms. The topological polar surface area (TPSA) is 78.4 Å². The molecule has 2 saturated carbocycles. The molecule has 3 N–H and O–H groups in total. The van der Waals surface area contributed by atoms with Gasteiger partial charge < -0.3 is 15.7 Å². The summed E-state index contributed by atoms with van der Waals surface area (Å²) in [5.74, 6) is 2.07. The summed E-state index contributed by atoms with van der Waals surface area (Å²) < 4.78 is 0. The summed E-state index contributed by atoms with van der Waals surface area (Å²) in [5.41, 5.74) is 0.159. The van der Waals surface area contributed by atoms with Crippen LogP contribution in [0.2, 0.25) is 0 Å². The van der Waals surface area contributed by atoms with E-state index in [1.54, 1.807) is 13.8 Å². The summed E-state index contributed by atoms with van der Waals surface area (Å²) in [6.45, 7) is 7.89. The third-order valence-electron chi connectivity index (χ3n) is 8.58. The Morgan fingerprint density at radius 3 is 2.46 bits per heavy atom. The molecule has 2 amide bonds. The molecule has 5 heteroatoms. The number of nitrogens with one attached hydrogen (secondary N) is 2. The Hall–Kier alpha value is -1.78. The molecule has 8 atom stereocenters. The van der Waals surface area contributed by atoms with Gasteiger partial charge in [0.05, 0.1) is 11.8 Å². The van der Waals surface area contributed by atoms with Gasteiger partial charge in [-0.25, -0.2) is 0 Å². The Balaban J connectivity index is 1.71. The summed E-state index contributed by atoms with van der Waals surface area (Å²) in [4.78, 5) is 23.8. The van der Waals surface area contributed by atoms with Gasteiger partial charge in [0.15, 0.2) is 0 Å². The number of amides is 2. The molecule has 0 aromatic carbocycles. The van der Waals surface area contributed by atoms with E-state index in [2.05, 4.69) is 42.7 Å². The molecule has 2 fully saturated rings. The lowest BCUT2D eigenvalue weighted by molar-refractivity contribution is -0.128. The fraction of sp³-hybridized carbons (Fsp3) is 0.739. The first-order valence-electron chi connectivity index (χ1n) is 10.8. The number of hydrogen-bond acceptors (Lipinski definition) is 3. The minimum atomic E-state index is -0.000598. The number of carbonyl (C=O) groups is 2. The van der Waals surface area contributed by atoms with Crippen molar-refractivity contribution in [3.8, 4) is 0 Å². The molecule has 0 bridgehead atoms. The summed E-state index contributed by atoms with van der Waals surface area (Å²) in [6.07, 6.45) is 11.4. The van der Waals surface area contributed by atoms with Crippen LogP contribution in [0.3, 0.4) is 0 Å². The Bertz CT molecular complexity index is 744. The SMILES string of the molecule is CC(=O)NC1CC2C=C(O)CC[C@]2(C)[C@@H]2CC[C@]3(C)C(NC(C)=O)C=C[C@H]3[C@H]12. The van der Waals surface area contributed by atoms with Crippen LogP contribution in [0.5, 0.6) is 0 Å². The Kier molecular flexibility index (Phi) is 4.63. The van der Waals surface area contributed by atoms with Gasteiger partial charge in [-0.05, 0) is 66.3 Å². The van der Waals surface area contributed by atoms with E-state index in [1.165, 1.54) is 0 Å². The number of aliphatic hydroxyl groups excluding tert-OH is 1. The smallest absolute Gasteiger partial charge is 0.217 e. The predicted octanol–water partition coefficient (Wildman–Crippen LogP) is 3.48. The van der Waals surface area contributed by atoms with Gasteiger partial charge in [-0.1, -0.05) is 26.0 Å². The first kappa shape index (κ1) is 19.5. The van der Waals surface area contributed by atoms with Crippen LogP contribution in [0.4, 0.5) is 0 Å². The third kappa shape index (κ3) is 2.89. The van der Waals surface area contributed by atoms with Gasteiger partial charge in [0, 0.05) is 26.3 Å². The average Bonchev–Trinajstić information content (AvgIpc) is 2.92. The number of allylic oxidation sites excluding steroid dienone is 3. The molecule has 0 aromatic rings. The van der Waals surface area contributed by atoms with Gasteiger partial charge >= 0.3 is 0 Å². The van der Waals surface area contributed by atoms with Crippen molar-refractivity contribution >= 4 is 11.8 Å². The van der Waals surface area contributed by atoms with Crippen molar-refractivity contribution in [2.75, 3.05) is 0 Å². The molecular formula is C23H34N2O3. The van der Waals surface area contributed by atoms with E-state index < -0.39 is 0 Å². The second-order valence-corrected chi connectivity index (χ2v) is 10.1. The number of aliphatic hydroxyl groups is 1. The lowest BCUT2D eigenvalue weighted by Gasteiger charge is -2.61. The highest BCUT2D eigenvalue weighted by atomic mass is 16.3. The highest BCUT2D eigenvalue weighted by Crippen LogP contribution is 2.64. The normalized spacial score (nSPS) is 46.6. The molecule has 5 nitrogen and oxygen atoms in total. The van der Waals surface area contributed by atoms with Crippen molar-refractivity contribution in [1.29, 1.82) is 0 Å². The van der Waals surface area contributed by atoms with Crippen LogP contribution < -0.4 is 10.6 Å². The quantitative estimate of drug-likeness (QED) is 0.636. The highest BCUT2D eigenvalue weighted by Gasteiger charge is 2.61. The van der Waals surface area contributed by atoms with E-state index >= 15 is 0 Å². The molecule has 3 unspecified atom stereocenters. The molecule has 0 spiro atoms. The molecular weight excluding hydrogens is 352 g/mol. The summed E-state index contributed by atoms with van der Waals surface area (Å²) >= 11 is 0. The lowest BCUT2D eigenvalue weighted by atomic mass is 9.44. The maximum atomic E-state index is 12.0. The standard InChI is InChI=1S/C23H34N2O3/c1-13(26)24-19-12-15-11-16(28)7-9-22(15,3)18-8-10-23(4)17(21(18)19)5-6-20(23)25-14(2)27/h5-6,11,15,17-21,28H,7-10,12H2,1-4H3,(H,24,26)(H,25,27)/t15?,17-,18+,19?,20?,21-,22-,23-/m0/s1. The Morgan fingerprint density at radius 1 is 1.07 bits per heavy atom. The zero-order valence-corrected chi connectivity index (χ0v) is 17.5. The van der Waals surface area contributed by atoms with Gasteiger partial charge in [-0.2, -0.15) is 0 Å². The van der Waals surface area contributed by atoms with Gasteiger partial charge in [-0.15, -0.1) is 0 Å². The van der Waals surface area contributed by atoms with Crippen LogP contribution in [0.25, 0.3) is 0 Å². The minimum Gasteiger partial charge on any atom is -0.513 e. The molecule has 0 aromatic heterocycles. The van der Waals surface area contributed by atoms with Crippen molar-refractivity contribution in [3.05, 3.63) is 24.0 Å². The number of carbonyl (C=O) groups excluding carboxylic acids is 2. The zero-order chi connectivity index (χ0) is 20.3. The minimum absolute atomic E-state index is 0.000598. The molecule has 0 radical (unpaired) electrons. The van der Waals surface area contributed by atoms with E-state index in [-0.39, 0.29) is 34.7 Å². The van der Waals surface area contributed by atoms with Crippen molar-refractivity contribution < 1.29 is 14.7 Å².